The first-order valence-electron chi connectivity index (χ1n) is 5.73. The predicted octanol–water partition coefficient (Wildman–Crippen LogP) is 0.660. The second kappa shape index (κ2) is 5.12. The molecule has 5 nitrogen and oxygen atoms in total. The van der Waals surface area contributed by atoms with E-state index in [0.717, 1.165) is 31.9 Å². The molecule has 1 aromatic heterocycles. The maximum absolute atomic E-state index is 5.59. The molecule has 2 heterocycles. The molecular weight excluding hydrogens is 204 g/mol. The molecule has 1 aromatic rings. The van der Waals surface area contributed by atoms with Gasteiger partial charge in [-0.3, -0.25) is 0 Å². The topological polar surface area (TPSA) is 64.3 Å². The zero-order valence-corrected chi connectivity index (χ0v) is 9.59. The molecule has 0 aromatic carbocycles. The Morgan fingerprint density at radius 3 is 3.00 bits per heavy atom. The Morgan fingerprint density at radius 2 is 2.31 bits per heavy atom. The Morgan fingerprint density at radius 1 is 1.50 bits per heavy atom. The molecule has 1 saturated heterocycles. The highest BCUT2D eigenvalue weighted by Crippen LogP contribution is 2.23. The largest absolute Gasteiger partial charge is 0.478 e. The number of anilines is 1. The Kier molecular flexibility index (Phi) is 3.56. The van der Waals surface area contributed by atoms with E-state index in [0.29, 0.717) is 18.4 Å². The predicted molar refractivity (Wildman–Crippen MR) is 62.6 cm³/mol. The van der Waals surface area contributed by atoms with Crippen molar-refractivity contribution < 1.29 is 4.74 Å². The summed E-state index contributed by atoms with van der Waals surface area (Å²) in [5.74, 6) is 2.20. The number of aromatic nitrogens is 2. The molecule has 1 aliphatic heterocycles. The Bertz CT molecular complexity index is 339. The van der Waals surface area contributed by atoms with Gasteiger partial charge in [0.15, 0.2) is 0 Å². The van der Waals surface area contributed by atoms with Crippen LogP contribution in [-0.2, 0) is 0 Å². The maximum Gasteiger partial charge on any atom is 0.218 e. The quantitative estimate of drug-likeness (QED) is 0.793. The van der Waals surface area contributed by atoms with Crippen molar-refractivity contribution in [1.29, 1.82) is 0 Å². The zero-order valence-electron chi connectivity index (χ0n) is 9.59. The summed E-state index contributed by atoms with van der Waals surface area (Å²) < 4.78 is 5.47. The van der Waals surface area contributed by atoms with Crippen molar-refractivity contribution in [2.24, 2.45) is 11.7 Å². The minimum absolute atomic E-state index is 0.606. The van der Waals surface area contributed by atoms with Crippen LogP contribution in [-0.4, -0.2) is 36.2 Å². The molecule has 2 rings (SSSR count). The highest BCUT2D eigenvalue weighted by atomic mass is 16.5. The van der Waals surface area contributed by atoms with Gasteiger partial charge in [0.1, 0.15) is 12.1 Å². The van der Waals surface area contributed by atoms with Gasteiger partial charge in [0.05, 0.1) is 6.61 Å². The van der Waals surface area contributed by atoms with Crippen LogP contribution in [0.1, 0.15) is 13.3 Å². The van der Waals surface area contributed by atoms with Gasteiger partial charge in [0.2, 0.25) is 5.88 Å². The summed E-state index contributed by atoms with van der Waals surface area (Å²) in [5, 5.41) is 0. The average molecular weight is 222 g/mol. The summed E-state index contributed by atoms with van der Waals surface area (Å²) >= 11 is 0. The maximum atomic E-state index is 5.59. The lowest BCUT2D eigenvalue weighted by molar-refractivity contribution is 0.304. The standard InChI is InChI=1S/C11H18N4O/c1-2-3-16-11-4-10(13-8-14-11)15-6-9(5-12)7-15/h4,8-9H,2-3,5-7,12H2,1H3. The van der Waals surface area contributed by atoms with Gasteiger partial charge < -0.3 is 15.4 Å². The molecule has 0 atom stereocenters. The fourth-order valence-corrected chi connectivity index (χ4v) is 1.69. The minimum Gasteiger partial charge on any atom is -0.478 e. The summed E-state index contributed by atoms with van der Waals surface area (Å²) in [4.78, 5) is 10.5. The highest BCUT2D eigenvalue weighted by molar-refractivity contribution is 5.43. The number of hydrogen-bond acceptors (Lipinski definition) is 5. The summed E-state index contributed by atoms with van der Waals surface area (Å²) in [6, 6.07) is 1.89. The first kappa shape index (κ1) is 11.1. The molecule has 5 heteroatoms. The van der Waals surface area contributed by atoms with Crippen molar-refractivity contribution in [2.45, 2.75) is 13.3 Å². The van der Waals surface area contributed by atoms with Gasteiger partial charge in [-0.25, -0.2) is 9.97 Å². The molecule has 0 amide bonds. The van der Waals surface area contributed by atoms with Gasteiger partial charge in [-0.05, 0) is 13.0 Å². The third-order valence-electron chi connectivity index (χ3n) is 2.70. The Hall–Kier alpha value is -1.36. The molecule has 0 spiro atoms. The van der Waals surface area contributed by atoms with Crippen molar-refractivity contribution in [3.63, 3.8) is 0 Å². The normalized spacial score (nSPS) is 16.0. The third-order valence-corrected chi connectivity index (χ3v) is 2.70. The van der Waals surface area contributed by atoms with Gasteiger partial charge in [-0.2, -0.15) is 0 Å². The lowest BCUT2D eigenvalue weighted by atomic mass is 10.0. The molecule has 0 radical (unpaired) electrons. The average Bonchev–Trinajstić information content (AvgIpc) is 2.26. The Labute approximate surface area is 95.6 Å². The molecule has 2 N–H and O–H groups in total. The van der Waals surface area contributed by atoms with Crippen molar-refractivity contribution in [2.75, 3.05) is 31.1 Å². The second-order valence-electron chi connectivity index (χ2n) is 4.07. The van der Waals surface area contributed by atoms with E-state index in [1.165, 1.54) is 0 Å². The van der Waals surface area contributed by atoms with Crippen molar-refractivity contribution in [3.05, 3.63) is 12.4 Å². The van der Waals surface area contributed by atoms with Crippen LogP contribution in [0.3, 0.4) is 0 Å². The fourth-order valence-electron chi connectivity index (χ4n) is 1.69. The molecule has 0 bridgehead atoms. The SMILES string of the molecule is CCCOc1cc(N2CC(CN)C2)ncn1. The second-order valence-corrected chi connectivity index (χ2v) is 4.07. The van der Waals surface area contributed by atoms with Crippen LogP contribution in [0, 0.1) is 5.92 Å². The summed E-state index contributed by atoms with van der Waals surface area (Å²) in [6.07, 6.45) is 2.54. The molecule has 16 heavy (non-hydrogen) atoms. The van der Waals surface area contributed by atoms with E-state index >= 15 is 0 Å². The third kappa shape index (κ3) is 2.41. The number of rotatable bonds is 5. The number of ether oxygens (including phenoxy) is 1. The first-order valence-corrected chi connectivity index (χ1v) is 5.73. The number of nitrogens with zero attached hydrogens (tertiary/aromatic N) is 3. The van der Waals surface area contributed by atoms with Crippen LogP contribution in [0.4, 0.5) is 5.82 Å². The summed E-state index contributed by atoms with van der Waals surface area (Å²) in [5.41, 5.74) is 5.59. The Balaban J connectivity index is 1.94. The van der Waals surface area contributed by atoms with Crippen LogP contribution in [0.2, 0.25) is 0 Å². The van der Waals surface area contributed by atoms with Gasteiger partial charge >= 0.3 is 0 Å². The fraction of sp³-hybridized carbons (Fsp3) is 0.636. The van der Waals surface area contributed by atoms with Crippen molar-refractivity contribution >= 4 is 5.82 Å². The van der Waals surface area contributed by atoms with Gasteiger partial charge in [-0.1, -0.05) is 6.92 Å². The molecule has 0 aliphatic carbocycles. The van der Waals surface area contributed by atoms with E-state index in [1.807, 2.05) is 6.07 Å². The van der Waals surface area contributed by atoms with Crippen molar-refractivity contribution in [1.82, 2.24) is 9.97 Å². The van der Waals surface area contributed by atoms with Crippen LogP contribution >= 0.6 is 0 Å². The van der Waals surface area contributed by atoms with Gasteiger partial charge in [0, 0.05) is 25.1 Å². The first-order chi connectivity index (χ1) is 7.83. The summed E-state index contributed by atoms with van der Waals surface area (Å²) in [6.45, 7) is 5.49. The van der Waals surface area contributed by atoms with Crippen LogP contribution < -0.4 is 15.4 Å². The lowest BCUT2D eigenvalue weighted by Gasteiger charge is -2.39. The minimum atomic E-state index is 0.606. The molecule has 1 aliphatic rings. The van der Waals surface area contributed by atoms with E-state index in [9.17, 15) is 0 Å². The van der Waals surface area contributed by atoms with Crippen LogP contribution in [0.25, 0.3) is 0 Å². The van der Waals surface area contributed by atoms with Gasteiger partial charge in [-0.15, -0.1) is 0 Å². The monoisotopic (exact) mass is 222 g/mol. The van der Waals surface area contributed by atoms with E-state index in [4.69, 9.17) is 10.5 Å². The smallest absolute Gasteiger partial charge is 0.218 e. The van der Waals surface area contributed by atoms with Crippen LogP contribution in [0.5, 0.6) is 5.88 Å². The molecular formula is C11H18N4O. The van der Waals surface area contributed by atoms with Gasteiger partial charge in [0.25, 0.3) is 0 Å². The number of hydrogen-bond donors (Lipinski definition) is 1. The molecule has 88 valence electrons. The van der Waals surface area contributed by atoms with E-state index in [-0.39, 0.29) is 0 Å². The zero-order chi connectivity index (χ0) is 11.4. The number of nitrogens with two attached hydrogens (primary N) is 1. The van der Waals surface area contributed by atoms with E-state index < -0.39 is 0 Å². The summed E-state index contributed by atoms with van der Waals surface area (Å²) in [7, 11) is 0. The molecule has 0 saturated carbocycles. The van der Waals surface area contributed by atoms with Crippen LogP contribution in [0.15, 0.2) is 12.4 Å². The van der Waals surface area contributed by atoms with Crippen molar-refractivity contribution in [3.8, 4) is 5.88 Å². The van der Waals surface area contributed by atoms with E-state index in [1.54, 1.807) is 6.33 Å². The molecule has 0 unspecified atom stereocenters. The molecule has 1 fully saturated rings. The highest BCUT2D eigenvalue weighted by Gasteiger charge is 2.26. The van der Waals surface area contributed by atoms with E-state index in [2.05, 4.69) is 21.8 Å². The lowest BCUT2D eigenvalue weighted by Crippen LogP contribution is -2.50.